The van der Waals surface area contributed by atoms with E-state index in [0.29, 0.717) is 83.7 Å². The lowest BCUT2D eigenvalue weighted by molar-refractivity contribution is -0.121. The third-order valence-electron chi connectivity index (χ3n) is 7.17. The van der Waals surface area contributed by atoms with Crippen LogP contribution < -0.4 is 20.7 Å². The predicted octanol–water partition coefficient (Wildman–Crippen LogP) is 1.27. The highest BCUT2D eigenvalue weighted by molar-refractivity contribution is 7.80. The van der Waals surface area contributed by atoms with Crippen LogP contribution in [-0.2, 0) is 35.0 Å². The number of carbonyl (C=O) groups is 5. The van der Waals surface area contributed by atoms with Gasteiger partial charge in [-0.1, -0.05) is 12.1 Å². The number of anilines is 1. The molecule has 15 nitrogen and oxygen atoms in total. The number of nitrogens with zero attached hydrogens (tertiary/aromatic N) is 2. The molecule has 1 aromatic carbocycles. The lowest BCUT2D eigenvalue weighted by atomic mass is 10.0. The topological polar surface area (TPSA) is 185 Å². The second kappa shape index (κ2) is 20.7. The average Bonchev–Trinajstić information content (AvgIpc) is 3.04. The van der Waals surface area contributed by atoms with E-state index in [1.165, 1.54) is 25.1 Å². The lowest BCUT2D eigenvalue weighted by Crippen LogP contribution is -2.48. The van der Waals surface area contributed by atoms with Crippen LogP contribution in [0, 0.1) is 0 Å². The van der Waals surface area contributed by atoms with Crippen molar-refractivity contribution in [2.45, 2.75) is 64.1 Å². The van der Waals surface area contributed by atoms with Gasteiger partial charge in [-0.05, 0) is 46.1 Å². The van der Waals surface area contributed by atoms with Crippen molar-refractivity contribution in [1.82, 2.24) is 24.6 Å². The molecule has 2 atom stereocenters. The van der Waals surface area contributed by atoms with E-state index in [1.54, 1.807) is 12.1 Å². The van der Waals surface area contributed by atoms with E-state index in [9.17, 15) is 28.2 Å². The zero-order valence-corrected chi connectivity index (χ0v) is 28.8. The molecule has 0 aromatic heterocycles. The van der Waals surface area contributed by atoms with Gasteiger partial charge in [-0.3, -0.25) is 14.4 Å². The molecular formula is C31H50N6O9S. The maximum absolute atomic E-state index is 13.3. The highest BCUT2D eigenvalue weighted by atomic mass is 32.2. The van der Waals surface area contributed by atoms with Gasteiger partial charge in [0.05, 0.1) is 38.0 Å². The molecule has 2 rings (SSSR count). The van der Waals surface area contributed by atoms with Gasteiger partial charge in [0, 0.05) is 64.0 Å². The number of hydrogen-bond acceptors (Lipinski definition) is 10. The van der Waals surface area contributed by atoms with Crippen LogP contribution in [0.25, 0.3) is 0 Å². The normalized spacial score (nSPS) is 15.3. The minimum absolute atomic E-state index is 0.0159. The number of nitrogens with one attached hydrogen (secondary N) is 4. The molecule has 0 radical (unpaired) electrons. The molecule has 0 bridgehead atoms. The second-order valence-electron chi connectivity index (χ2n) is 11.9. The van der Waals surface area contributed by atoms with Crippen molar-refractivity contribution in [2.24, 2.45) is 0 Å². The summed E-state index contributed by atoms with van der Waals surface area (Å²) in [6.07, 6.45) is 2.33. The van der Waals surface area contributed by atoms with E-state index in [0.717, 1.165) is 0 Å². The Labute approximate surface area is 279 Å². The Morgan fingerprint density at radius 3 is 2.32 bits per heavy atom. The number of carbonyl (C=O) groups excluding carboxylic acids is 5. The number of piperidine rings is 1. The first kappa shape index (κ1) is 39.7. The second-order valence-corrected chi connectivity index (χ2v) is 13.2. The van der Waals surface area contributed by atoms with Gasteiger partial charge in [0.2, 0.25) is 5.91 Å². The minimum atomic E-state index is -1.36. The van der Waals surface area contributed by atoms with E-state index in [2.05, 4.69) is 20.7 Å². The van der Waals surface area contributed by atoms with Gasteiger partial charge in [-0.15, -0.1) is 0 Å². The summed E-state index contributed by atoms with van der Waals surface area (Å²) in [5.74, 6) is -0.765. The molecule has 1 aliphatic rings. The van der Waals surface area contributed by atoms with Gasteiger partial charge in [-0.25, -0.2) is 18.0 Å². The number of alkyl carbamates (subject to hydrolysis) is 1. The summed E-state index contributed by atoms with van der Waals surface area (Å²) >= 11 is -1.36. The average molecular weight is 683 g/mol. The third kappa shape index (κ3) is 14.5. The van der Waals surface area contributed by atoms with Crippen LogP contribution in [0.15, 0.2) is 18.2 Å². The number of rotatable bonds is 20. The fraction of sp³-hybridized carbons (Fsp3) is 0.645. The zero-order chi connectivity index (χ0) is 34.8. The predicted molar refractivity (Wildman–Crippen MR) is 177 cm³/mol. The van der Waals surface area contributed by atoms with Crippen LogP contribution in [0.3, 0.4) is 0 Å². The van der Waals surface area contributed by atoms with Crippen LogP contribution in [0.1, 0.15) is 67.2 Å². The number of aldehydes is 2. The molecule has 16 heteroatoms. The highest BCUT2D eigenvalue weighted by Gasteiger charge is 2.27. The van der Waals surface area contributed by atoms with Crippen LogP contribution >= 0.6 is 0 Å². The third-order valence-corrected chi connectivity index (χ3v) is 8.46. The minimum Gasteiger partial charge on any atom is -0.444 e. The van der Waals surface area contributed by atoms with Crippen LogP contribution in [0.2, 0.25) is 0 Å². The molecule has 2 unspecified atom stereocenters. The molecule has 0 aliphatic carbocycles. The number of likely N-dealkylation sites (N-methyl/N-ethyl adjacent to an activating group) is 1. The van der Waals surface area contributed by atoms with E-state index >= 15 is 0 Å². The molecule has 0 saturated carbocycles. The van der Waals surface area contributed by atoms with Gasteiger partial charge >= 0.3 is 6.09 Å². The molecule has 4 N–H and O–H groups in total. The number of ether oxygens (including phenoxy) is 3. The highest BCUT2D eigenvalue weighted by Crippen LogP contribution is 2.22. The fourth-order valence-electron chi connectivity index (χ4n) is 4.65. The van der Waals surface area contributed by atoms with E-state index in [-0.39, 0.29) is 35.9 Å². The first-order valence-electron chi connectivity index (χ1n) is 15.7. The van der Waals surface area contributed by atoms with Crippen LogP contribution in [-0.4, -0.2) is 128 Å². The summed E-state index contributed by atoms with van der Waals surface area (Å²) in [4.78, 5) is 61.5. The Morgan fingerprint density at radius 1 is 1.06 bits per heavy atom. The van der Waals surface area contributed by atoms with E-state index < -0.39 is 34.8 Å². The summed E-state index contributed by atoms with van der Waals surface area (Å²) < 4.78 is 33.8. The van der Waals surface area contributed by atoms with Crippen molar-refractivity contribution in [2.75, 3.05) is 72.0 Å². The maximum atomic E-state index is 13.3. The molecule has 1 fully saturated rings. The molecule has 1 aliphatic heterocycles. The molecule has 0 spiro atoms. The molecule has 1 aromatic rings. The summed E-state index contributed by atoms with van der Waals surface area (Å²) in [7, 11) is 2.96. The SMILES string of the molecule is CNC(=O)CCC(C=O)N(C)C(=O)c1c(C=O)cccc1NCCOCCOCCNS(=O)N1CCC(NC(=O)OC(C)(C)C)CC1. The number of amides is 3. The van der Waals surface area contributed by atoms with Crippen molar-refractivity contribution in [1.29, 1.82) is 0 Å². The summed E-state index contributed by atoms with van der Waals surface area (Å²) in [6.45, 7) is 8.60. The zero-order valence-electron chi connectivity index (χ0n) is 28.0. The summed E-state index contributed by atoms with van der Waals surface area (Å²) in [5.41, 5.74) is 0.170. The molecule has 47 heavy (non-hydrogen) atoms. The number of hydrogen-bond donors (Lipinski definition) is 4. The van der Waals surface area contributed by atoms with Crippen molar-refractivity contribution in [3.63, 3.8) is 0 Å². The van der Waals surface area contributed by atoms with Crippen molar-refractivity contribution in [3.05, 3.63) is 29.3 Å². The Kier molecular flexibility index (Phi) is 17.5. The van der Waals surface area contributed by atoms with Crippen LogP contribution in [0.4, 0.5) is 10.5 Å². The van der Waals surface area contributed by atoms with Crippen molar-refractivity contribution < 1.29 is 42.4 Å². The Bertz CT molecular complexity index is 1200. The Hall–Kier alpha value is -3.44. The monoisotopic (exact) mass is 682 g/mol. The van der Waals surface area contributed by atoms with Gasteiger partial charge in [0.1, 0.15) is 11.9 Å². The smallest absolute Gasteiger partial charge is 0.407 e. The summed E-state index contributed by atoms with van der Waals surface area (Å²) in [6, 6.07) is 3.98. The summed E-state index contributed by atoms with van der Waals surface area (Å²) in [5, 5.41) is 8.47. The van der Waals surface area contributed by atoms with Gasteiger partial charge in [0.25, 0.3) is 5.91 Å². The molecule has 1 heterocycles. The Morgan fingerprint density at radius 2 is 1.72 bits per heavy atom. The molecular weight excluding hydrogens is 632 g/mol. The van der Waals surface area contributed by atoms with E-state index in [1.807, 2.05) is 25.1 Å². The fourth-order valence-corrected chi connectivity index (χ4v) is 5.63. The Balaban J connectivity index is 1.65. The van der Waals surface area contributed by atoms with Gasteiger partial charge < -0.3 is 39.9 Å². The maximum Gasteiger partial charge on any atom is 0.407 e. The first-order chi connectivity index (χ1) is 22.4. The van der Waals surface area contributed by atoms with Crippen molar-refractivity contribution >= 4 is 47.3 Å². The molecule has 264 valence electrons. The first-order valence-corrected chi connectivity index (χ1v) is 16.8. The number of benzene rings is 1. The van der Waals surface area contributed by atoms with Gasteiger partial charge in [-0.2, -0.15) is 0 Å². The molecule has 1 saturated heterocycles. The van der Waals surface area contributed by atoms with Gasteiger partial charge in [0.15, 0.2) is 17.5 Å². The van der Waals surface area contributed by atoms with Crippen LogP contribution in [0.5, 0.6) is 0 Å². The quantitative estimate of drug-likeness (QED) is 0.115. The largest absolute Gasteiger partial charge is 0.444 e. The van der Waals surface area contributed by atoms with E-state index in [4.69, 9.17) is 14.2 Å². The molecule has 3 amide bonds. The lowest BCUT2D eigenvalue weighted by Gasteiger charge is -2.31. The standard InChI is InChI=1S/C31H50N6O9S/c1-31(2,3)46-30(42)35-24-11-15-37(16-12-24)47(43)34-14-18-45-20-19-44-17-13-33-26-8-6-7-23(21-38)28(26)29(41)36(5)25(22-39)9-10-27(40)32-4/h6-8,21-22,24-25,33-34H,9-20H2,1-5H3,(H,32,40)(H,35,42). The van der Waals surface area contributed by atoms with Crippen molar-refractivity contribution in [3.8, 4) is 0 Å².